The standard InChI is InChI=1S/C8H12N2O3S/c1-5-7(14(10,11)12)4-3-6(13-2)8(5)9/h3-4H,9H2,1-2H3,(H2,10,11,12). The van der Waals surface area contributed by atoms with Crippen LogP contribution in [0.3, 0.4) is 0 Å². The largest absolute Gasteiger partial charge is 0.495 e. The highest BCUT2D eigenvalue weighted by molar-refractivity contribution is 7.89. The highest BCUT2D eigenvalue weighted by Crippen LogP contribution is 2.28. The van der Waals surface area contributed by atoms with Crippen LogP contribution in [0.4, 0.5) is 5.69 Å². The molecule has 0 aliphatic heterocycles. The second-order valence-corrected chi connectivity index (χ2v) is 4.38. The summed E-state index contributed by atoms with van der Waals surface area (Å²) in [4.78, 5) is 0.0239. The molecule has 0 atom stereocenters. The Morgan fingerprint density at radius 1 is 1.36 bits per heavy atom. The molecule has 0 aromatic heterocycles. The molecule has 6 heteroatoms. The van der Waals surface area contributed by atoms with Crippen molar-refractivity contribution in [2.24, 2.45) is 5.14 Å². The molecule has 1 aromatic rings. The molecular weight excluding hydrogens is 204 g/mol. The van der Waals surface area contributed by atoms with Crippen molar-refractivity contribution < 1.29 is 13.2 Å². The molecule has 0 unspecified atom stereocenters. The Hall–Kier alpha value is -1.27. The number of rotatable bonds is 2. The van der Waals surface area contributed by atoms with E-state index in [-0.39, 0.29) is 4.90 Å². The summed E-state index contributed by atoms with van der Waals surface area (Å²) in [5.41, 5.74) is 6.35. The molecule has 0 saturated carbocycles. The Labute approximate surface area is 82.7 Å². The molecule has 0 fully saturated rings. The summed E-state index contributed by atoms with van der Waals surface area (Å²) in [5.74, 6) is 0.440. The number of ether oxygens (including phenoxy) is 1. The zero-order valence-corrected chi connectivity index (χ0v) is 8.76. The van der Waals surface area contributed by atoms with Gasteiger partial charge in [-0.3, -0.25) is 0 Å². The molecule has 1 aromatic carbocycles. The van der Waals surface area contributed by atoms with Crippen LogP contribution in [-0.2, 0) is 10.0 Å². The lowest BCUT2D eigenvalue weighted by Gasteiger charge is -2.10. The van der Waals surface area contributed by atoms with Crippen LogP contribution in [0.1, 0.15) is 5.56 Å². The van der Waals surface area contributed by atoms with Crippen molar-refractivity contribution in [1.82, 2.24) is 0 Å². The molecule has 1 rings (SSSR count). The van der Waals surface area contributed by atoms with E-state index in [1.807, 2.05) is 0 Å². The van der Waals surface area contributed by atoms with Crippen molar-refractivity contribution >= 4 is 15.7 Å². The second kappa shape index (κ2) is 3.47. The van der Waals surface area contributed by atoms with Crippen LogP contribution in [-0.4, -0.2) is 15.5 Å². The number of methoxy groups -OCH3 is 1. The van der Waals surface area contributed by atoms with Crippen LogP contribution in [0.25, 0.3) is 0 Å². The number of hydrogen-bond acceptors (Lipinski definition) is 4. The third kappa shape index (κ3) is 1.80. The number of hydrogen-bond donors (Lipinski definition) is 2. The molecular formula is C8H12N2O3S. The number of benzene rings is 1. The first kappa shape index (κ1) is 10.8. The minimum absolute atomic E-state index is 0.0239. The quantitative estimate of drug-likeness (QED) is 0.692. The molecule has 0 spiro atoms. The Balaban J connectivity index is 3.47. The van der Waals surface area contributed by atoms with Crippen LogP contribution < -0.4 is 15.6 Å². The first-order chi connectivity index (χ1) is 6.38. The van der Waals surface area contributed by atoms with Gasteiger partial charge in [-0.15, -0.1) is 0 Å². The van der Waals surface area contributed by atoms with E-state index in [0.29, 0.717) is 17.0 Å². The zero-order chi connectivity index (χ0) is 10.9. The van der Waals surface area contributed by atoms with E-state index in [4.69, 9.17) is 15.6 Å². The molecule has 78 valence electrons. The van der Waals surface area contributed by atoms with Gasteiger partial charge >= 0.3 is 0 Å². The monoisotopic (exact) mass is 216 g/mol. The maximum atomic E-state index is 11.1. The third-order valence-electron chi connectivity index (χ3n) is 1.95. The molecule has 0 saturated heterocycles. The highest BCUT2D eigenvalue weighted by Gasteiger charge is 2.15. The average molecular weight is 216 g/mol. The predicted molar refractivity (Wildman–Crippen MR) is 53.5 cm³/mol. The molecule has 0 radical (unpaired) electrons. The maximum Gasteiger partial charge on any atom is 0.238 e. The van der Waals surface area contributed by atoms with Crippen molar-refractivity contribution in [1.29, 1.82) is 0 Å². The van der Waals surface area contributed by atoms with Crippen molar-refractivity contribution in [2.45, 2.75) is 11.8 Å². The minimum atomic E-state index is -3.72. The average Bonchev–Trinajstić information content (AvgIpc) is 2.07. The summed E-state index contributed by atoms with van der Waals surface area (Å²) < 4.78 is 27.1. The summed E-state index contributed by atoms with van der Waals surface area (Å²) in [5, 5.41) is 4.99. The van der Waals surface area contributed by atoms with Gasteiger partial charge in [0.1, 0.15) is 5.75 Å². The van der Waals surface area contributed by atoms with Crippen LogP contribution in [0.2, 0.25) is 0 Å². The van der Waals surface area contributed by atoms with E-state index >= 15 is 0 Å². The van der Waals surface area contributed by atoms with Gasteiger partial charge < -0.3 is 10.5 Å². The summed E-state index contributed by atoms with van der Waals surface area (Å²) in [6.45, 7) is 1.58. The van der Waals surface area contributed by atoms with Crippen molar-refractivity contribution in [2.75, 3.05) is 12.8 Å². The zero-order valence-electron chi connectivity index (χ0n) is 7.94. The predicted octanol–water partition coefficient (Wildman–Crippen LogP) is 0.233. The number of sulfonamides is 1. The normalized spacial score (nSPS) is 11.4. The van der Waals surface area contributed by atoms with Gasteiger partial charge in [0.2, 0.25) is 10.0 Å². The molecule has 0 heterocycles. The van der Waals surface area contributed by atoms with Gasteiger partial charge in [0.15, 0.2) is 0 Å². The summed E-state index contributed by atoms with van der Waals surface area (Å²) in [6.07, 6.45) is 0. The summed E-state index contributed by atoms with van der Waals surface area (Å²) >= 11 is 0. The van der Waals surface area contributed by atoms with Gasteiger partial charge in [-0.05, 0) is 24.6 Å². The van der Waals surface area contributed by atoms with Crippen molar-refractivity contribution in [3.63, 3.8) is 0 Å². The number of anilines is 1. The highest BCUT2D eigenvalue weighted by atomic mass is 32.2. The molecule has 0 bridgehead atoms. The lowest BCUT2D eigenvalue weighted by Crippen LogP contribution is -2.14. The molecule has 14 heavy (non-hydrogen) atoms. The SMILES string of the molecule is COc1ccc(S(N)(=O)=O)c(C)c1N. The molecule has 0 aliphatic rings. The second-order valence-electron chi connectivity index (χ2n) is 2.85. The van der Waals surface area contributed by atoms with E-state index < -0.39 is 10.0 Å². The first-order valence-corrected chi connectivity index (χ1v) is 5.38. The fourth-order valence-electron chi connectivity index (χ4n) is 1.17. The van der Waals surface area contributed by atoms with E-state index in [2.05, 4.69) is 0 Å². The van der Waals surface area contributed by atoms with Gasteiger partial charge in [-0.25, -0.2) is 13.6 Å². The number of nitrogens with two attached hydrogens (primary N) is 2. The molecule has 0 amide bonds. The fraction of sp³-hybridized carbons (Fsp3) is 0.250. The van der Waals surface area contributed by atoms with Crippen LogP contribution in [0.5, 0.6) is 5.75 Å². The Morgan fingerprint density at radius 3 is 2.36 bits per heavy atom. The van der Waals surface area contributed by atoms with Gasteiger partial charge in [-0.2, -0.15) is 0 Å². The Kier molecular flexibility index (Phi) is 2.68. The van der Waals surface area contributed by atoms with Crippen LogP contribution in [0, 0.1) is 6.92 Å². The van der Waals surface area contributed by atoms with Gasteiger partial charge in [0, 0.05) is 0 Å². The first-order valence-electron chi connectivity index (χ1n) is 3.83. The lowest BCUT2D eigenvalue weighted by atomic mass is 10.2. The van der Waals surface area contributed by atoms with Gasteiger partial charge in [0.25, 0.3) is 0 Å². The van der Waals surface area contributed by atoms with Gasteiger partial charge in [0.05, 0.1) is 17.7 Å². The molecule has 0 aliphatic carbocycles. The Bertz CT molecular complexity index is 454. The fourth-order valence-corrected chi connectivity index (χ4v) is 1.96. The van der Waals surface area contributed by atoms with Gasteiger partial charge in [-0.1, -0.05) is 0 Å². The molecule has 4 N–H and O–H groups in total. The smallest absolute Gasteiger partial charge is 0.238 e. The molecule has 5 nitrogen and oxygen atoms in total. The summed E-state index contributed by atoms with van der Waals surface area (Å²) in [6, 6.07) is 2.85. The topological polar surface area (TPSA) is 95.4 Å². The van der Waals surface area contributed by atoms with Crippen LogP contribution in [0.15, 0.2) is 17.0 Å². The van der Waals surface area contributed by atoms with Crippen LogP contribution >= 0.6 is 0 Å². The number of nitrogen functional groups attached to an aromatic ring is 1. The third-order valence-corrected chi connectivity index (χ3v) is 3.01. The number of primary sulfonamides is 1. The minimum Gasteiger partial charge on any atom is -0.495 e. The lowest BCUT2D eigenvalue weighted by molar-refractivity contribution is 0.416. The van der Waals surface area contributed by atoms with Crippen molar-refractivity contribution in [3.8, 4) is 5.75 Å². The van der Waals surface area contributed by atoms with E-state index in [0.717, 1.165) is 0 Å². The van der Waals surface area contributed by atoms with E-state index in [1.165, 1.54) is 19.2 Å². The summed E-state index contributed by atoms with van der Waals surface area (Å²) in [7, 11) is -2.26. The maximum absolute atomic E-state index is 11.1. The van der Waals surface area contributed by atoms with E-state index in [9.17, 15) is 8.42 Å². The van der Waals surface area contributed by atoms with Crippen molar-refractivity contribution in [3.05, 3.63) is 17.7 Å². The van der Waals surface area contributed by atoms with E-state index in [1.54, 1.807) is 6.92 Å². The Morgan fingerprint density at radius 2 is 1.93 bits per heavy atom.